The zero-order valence-electron chi connectivity index (χ0n) is 12.0. The summed E-state index contributed by atoms with van der Waals surface area (Å²) in [6, 6.07) is 0. The van der Waals surface area contributed by atoms with Crippen molar-refractivity contribution < 1.29 is 5.11 Å². The Balaban J connectivity index is 1.91. The van der Waals surface area contributed by atoms with E-state index < -0.39 is 5.60 Å². The standard InChI is InChI=1S/C15H30N2O/c1-14(18)6-5-10-17(11-9-14)13-15(12-16)7-3-2-4-8-15/h18H,2-13,16H2,1H3. The Morgan fingerprint density at radius 3 is 2.39 bits per heavy atom. The van der Waals surface area contributed by atoms with E-state index in [0.29, 0.717) is 5.41 Å². The summed E-state index contributed by atoms with van der Waals surface area (Å²) < 4.78 is 0. The fourth-order valence-electron chi connectivity index (χ4n) is 3.68. The molecule has 3 nitrogen and oxygen atoms in total. The van der Waals surface area contributed by atoms with Gasteiger partial charge in [-0.15, -0.1) is 0 Å². The Labute approximate surface area is 112 Å². The summed E-state index contributed by atoms with van der Waals surface area (Å²) in [5, 5.41) is 10.1. The molecule has 3 N–H and O–H groups in total. The average molecular weight is 254 g/mol. The summed E-state index contributed by atoms with van der Waals surface area (Å²) in [7, 11) is 0. The van der Waals surface area contributed by atoms with Crippen LogP contribution in [0.2, 0.25) is 0 Å². The van der Waals surface area contributed by atoms with Crippen molar-refractivity contribution >= 4 is 0 Å². The molecule has 1 atom stereocenters. The van der Waals surface area contributed by atoms with Crippen molar-refractivity contribution in [3.8, 4) is 0 Å². The second-order valence-corrected chi connectivity index (χ2v) is 6.89. The molecule has 2 fully saturated rings. The molecule has 2 aliphatic rings. The number of nitrogens with zero attached hydrogens (tertiary/aromatic N) is 1. The first-order chi connectivity index (χ1) is 8.55. The number of likely N-dealkylation sites (tertiary alicyclic amines) is 1. The molecule has 3 heteroatoms. The van der Waals surface area contributed by atoms with Crippen LogP contribution >= 0.6 is 0 Å². The van der Waals surface area contributed by atoms with E-state index in [-0.39, 0.29) is 0 Å². The summed E-state index contributed by atoms with van der Waals surface area (Å²) in [6.45, 7) is 6.14. The molecular weight excluding hydrogens is 224 g/mol. The van der Waals surface area contributed by atoms with E-state index in [1.54, 1.807) is 0 Å². The lowest BCUT2D eigenvalue weighted by atomic mass is 9.73. The monoisotopic (exact) mass is 254 g/mol. The Morgan fingerprint density at radius 1 is 1.00 bits per heavy atom. The summed E-state index contributed by atoms with van der Waals surface area (Å²) in [6.07, 6.45) is 9.66. The van der Waals surface area contributed by atoms with Gasteiger partial charge in [-0.25, -0.2) is 0 Å². The quantitative estimate of drug-likeness (QED) is 0.811. The number of nitrogens with two attached hydrogens (primary N) is 1. The van der Waals surface area contributed by atoms with Crippen LogP contribution in [0.4, 0.5) is 0 Å². The summed E-state index contributed by atoms with van der Waals surface area (Å²) in [5.41, 5.74) is 5.99. The highest BCUT2D eigenvalue weighted by Crippen LogP contribution is 2.36. The number of hydrogen-bond acceptors (Lipinski definition) is 3. The molecule has 1 unspecified atom stereocenters. The molecular formula is C15H30N2O. The van der Waals surface area contributed by atoms with E-state index in [0.717, 1.165) is 45.4 Å². The van der Waals surface area contributed by atoms with E-state index in [1.165, 1.54) is 32.1 Å². The zero-order chi connectivity index (χ0) is 13.1. The second kappa shape index (κ2) is 5.89. The topological polar surface area (TPSA) is 49.5 Å². The number of aliphatic hydroxyl groups is 1. The third kappa shape index (κ3) is 3.69. The lowest BCUT2D eigenvalue weighted by Crippen LogP contribution is -2.44. The van der Waals surface area contributed by atoms with Gasteiger partial charge in [0.1, 0.15) is 0 Å². The molecule has 0 aromatic carbocycles. The predicted molar refractivity (Wildman–Crippen MR) is 75.5 cm³/mol. The minimum Gasteiger partial charge on any atom is -0.390 e. The second-order valence-electron chi connectivity index (χ2n) is 6.89. The van der Waals surface area contributed by atoms with Crippen LogP contribution in [-0.4, -0.2) is 41.8 Å². The van der Waals surface area contributed by atoms with E-state index in [4.69, 9.17) is 5.73 Å². The van der Waals surface area contributed by atoms with Crippen LogP contribution in [0.5, 0.6) is 0 Å². The van der Waals surface area contributed by atoms with Gasteiger partial charge in [-0.3, -0.25) is 0 Å². The fourth-order valence-corrected chi connectivity index (χ4v) is 3.68. The lowest BCUT2D eigenvalue weighted by Gasteiger charge is -2.40. The maximum Gasteiger partial charge on any atom is 0.0632 e. The predicted octanol–water partition coefficient (Wildman–Crippen LogP) is 2.13. The van der Waals surface area contributed by atoms with E-state index >= 15 is 0 Å². The van der Waals surface area contributed by atoms with Gasteiger partial charge in [0.05, 0.1) is 5.60 Å². The molecule has 2 rings (SSSR count). The largest absolute Gasteiger partial charge is 0.390 e. The average Bonchev–Trinajstić information content (AvgIpc) is 2.52. The first kappa shape index (κ1) is 14.3. The van der Waals surface area contributed by atoms with Crippen molar-refractivity contribution in [2.45, 2.75) is 63.9 Å². The molecule has 0 aromatic heterocycles. The van der Waals surface area contributed by atoms with E-state index in [9.17, 15) is 5.11 Å². The van der Waals surface area contributed by atoms with Crippen LogP contribution in [0.25, 0.3) is 0 Å². The molecule has 0 spiro atoms. The fraction of sp³-hybridized carbons (Fsp3) is 1.00. The molecule has 0 radical (unpaired) electrons. The van der Waals surface area contributed by atoms with Crippen molar-refractivity contribution in [2.75, 3.05) is 26.2 Å². The van der Waals surface area contributed by atoms with Crippen LogP contribution in [0.15, 0.2) is 0 Å². The van der Waals surface area contributed by atoms with Gasteiger partial charge < -0.3 is 15.7 Å². The third-order valence-electron chi connectivity index (χ3n) is 5.06. The van der Waals surface area contributed by atoms with Crippen LogP contribution in [0.1, 0.15) is 58.3 Å². The zero-order valence-corrected chi connectivity index (χ0v) is 12.0. The first-order valence-electron chi connectivity index (χ1n) is 7.70. The molecule has 18 heavy (non-hydrogen) atoms. The Morgan fingerprint density at radius 2 is 1.72 bits per heavy atom. The Hall–Kier alpha value is -0.120. The molecule has 1 saturated heterocycles. The highest BCUT2D eigenvalue weighted by atomic mass is 16.3. The van der Waals surface area contributed by atoms with E-state index in [1.807, 2.05) is 6.92 Å². The van der Waals surface area contributed by atoms with Crippen LogP contribution < -0.4 is 5.73 Å². The molecule has 1 aliphatic carbocycles. The number of hydrogen-bond donors (Lipinski definition) is 2. The van der Waals surface area contributed by atoms with Crippen molar-refractivity contribution in [1.29, 1.82) is 0 Å². The van der Waals surface area contributed by atoms with Gasteiger partial charge >= 0.3 is 0 Å². The Kier molecular flexibility index (Phi) is 4.68. The molecule has 0 amide bonds. The van der Waals surface area contributed by atoms with Crippen LogP contribution in [-0.2, 0) is 0 Å². The maximum absolute atomic E-state index is 10.1. The van der Waals surface area contributed by atoms with E-state index in [2.05, 4.69) is 4.90 Å². The van der Waals surface area contributed by atoms with Gasteiger partial charge in [-0.1, -0.05) is 19.3 Å². The van der Waals surface area contributed by atoms with Crippen LogP contribution in [0.3, 0.4) is 0 Å². The summed E-state index contributed by atoms with van der Waals surface area (Å²) in [4.78, 5) is 2.56. The van der Waals surface area contributed by atoms with Crippen molar-refractivity contribution in [1.82, 2.24) is 4.90 Å². The lowest BCUT2D eigenvalue weighted by molar-refractivity contribution is 0.0414. The first-order valence-corrected chi connectivity index (χ1v) is 7.70. The van der Waals surface area contributed by atoms with Gasteiger partial charge in [0.2, 0.25) is 0 Å². The third-order valence-corrected chi connectivity index (χ3v) is 5.06. The highest BCUT2D eigenvalue weighted by molar-refractivity contribution is 4.88. The smallest absolute Gasteiger partial charge is 0.0632 e. The van der Waals surface area contributed by atoms with Gasteiger partial charge in [-0.05, 0) is 57.5 Å². The van der Waals surface area contributed by atoms with Gasteiger partial charge in [0, 0.05) is 13.1 Å². The number of rotatable bonds is 3. The molecule has 1 aliphatic heterocycles. The van der Waals surface area contributed by atoms with Gasteiger partial charge in [0.25, 0.3) is 0 Å². The van der Waals surface area contributed by atoms with Gasteiger partial charge in [-0.2, -0.15) is 0 Å². The Bertz CT molecular complexity index is 259. The van der Waals surface area contributed by atoms with Crippen molar-refractivity contribution in [3.05, 3.63) is 0 Å². The molecule has 0 aromatic rings. The molecule has 0 bridgehead atoms. The SMILES string of the molecule is CC1(O)CCCN(CC2(CN)CCCCC2)CC1. The highest BCUT2D eigenvalue weighted by Gasteiger charge is 2.34. The molecule has 106 valence electrons. The minimum atomic E-state index is -0.447. The normalized spacial score (nSPS) is 34.2. The summed E-state index contributed by atoms with van der Waals surface area (Å²) >= 11 is 0. The minimum absolute atomic E-state index is 0.369. The van der Waals surface area contributed by atoms with Crippen LogP contribution in [0, 0.1) is 5.41 Å². The molecule has 1 saturated carbocycles. The van der Waals surface area contributed by atoms with Gasteiger partial charge in [0.15, 0.2) is 0 Å². The van der Waals surface area contributed by atoms with Crippen molar-refractivity contribution in [3.63, 3.8) is 0 Å². The summed E-state index contributed by atoms with van der Waals surface area (Å²) in [5.74, 6) is 0. The molecule has 1 heterocycles. The maximum atomic E-state index is 10.1. The van der Waals surface area contributed by atoms with Crippen molar-refractivity contribution in [2.24, 2.45) is 11.1 Å².